The van der Waals surface area contributed by atoms with Crippen LogP contribution in [0.5, 0.6) is 5.75 Å². The zero-order valence-corrected chi connectivity index (χ0v) is 14.7. The van der Waals surface area contributed by atoms with Crippen molar-refractivity contribution in [3.63, 3.8) is 0 Å². The summed E-state index contributed by atoms with van der Waals surface area (Å²) in [5, 5.41) is 0. The Morgan fingerprint density at radius 3 is 2.52 bits per heavy atom. The lowest BCUT2D eigenvalue weighted by Crippen LogP contribution is -2.54. The van der Waals surface area contributed by atoms with Gasteiger partial charge in [-0.3, -0.25) is 9.69 Å². The number of methoxy groups -OCH3 is 1. The Labute approximate surface area is 154 Å². The first-order valence-corrected chi connectivity index (χ1v) is 8.12. The fourth-order valence-corrected chi connectivity index (χ4v) is 3.10. The second-order valence-electron chi connectivity index (χ2n) is 6.24. The van der Waals surface area contributed by atoms with E-state index in [4.69, 9.17) is 10.5 Å². The predicted molar refractivity (Wildman–Crippen MR) is 95.2 cm³/mol. The third-order valence-corrected chi connectivity index (χ3v) is 4.66. The van der Waals surface area contributed by atoms with Crippen LogP contribution in [0, 0.1) is 0 Å². The molecule has 1 unspecified atom stereocenters. The quantitative estimate of drug-likeness (QED) is 0.893. The fourth-order valence-electron chi connectivity index (χ4n) is 3.10. The summed E-state index contributed by atoms with van der Waals surface area (Å²) in [6, 6.07) is 12.9. The van der Waals surface area contributed by atoms with Gasteiger partial charge in [-0.1, -0.05) is 36.4 Å². The largest absolute Gasteiger partial charge is 0.496 e. The van der Waals surface area contributed by atoms with Crippen molar-refractivity contribution in [1.29, 1.82) is 0 Å². The van der Waals surface area contributed by atoms with Crippen molar-refractivity contribution in [3.8, 4) is 16.9 Å². The van der Waals surface area contributed by atoms with Gasteiger partial charge in [-0.25, -0.2) is 4.99 Å². The zero-order chi connectivity index (χ0) is 19.8. The van der Waals surface area contributed by atoms with Crippen LogP contribution in [0.3, 0.4) is 0 Å². The van der Waals surface area contributed by atoms with Gasteiger partial charge < -0.3 is 10.5 Å². The zero-order valence-electron chi connectivity index (χ0n) is 14.7. The lowest BCUT2D eigenvalue weighted by molar-refractivity contribution is -0.195. The van der Waals surface area contributed by atoms with Gasteiger partial charge in [0.05, 0.1) is 13.5 Å². The maximum Gasteiger partial charge on any atom is 0.418 e. The number of ether oxygens (including phenoxy) is 1. The lowest BCUT2D eigenvalue weighted by atomic mass is 9.83. The van der Waals surface area contributed by atoms with Crippen LogP contribution in [-0.4, -0.2) is 37.1 Å². The number of carbonyl (C=O) groups is 1. The van der Waals surface area contributed by atoms with E-state index in [0.717, 1.165) is 4.90 Å². The molecule has 0 aliphatic carbocycles. The van der Waals surface area contributed by atoms with E-state index in [2.05, 4.69) is 4.99 Å². The molecular formula is C19H18F3N3O2. The van der Waals surface area contributed by atoms with E-state index < -0.39 is 30.0 Å². The number of benzene rings is 2. The summed E-state index contributed by atoms with van der Waals surface area (Å²) in [6.07, 6.45) is -5.64. The molecule has 3 rings (SSSR count). The number of carbonyl (C=O) groups excluding carboxylic acids is 1. The van der Waals surface area contributed by atoms with Gasteiger partial charge in [-0.15, -0.1) is 0 Å². The number of aliphatic imine (C=N–C) groups is 1. The minimum absolute atomic E-state index is 0.150. The van der Waals surface area contributed by atoms with E-state index in [1.165, 1.54) is 32.4 Å². The minimum Gasteiger partial charge on any atom is -0.496 e. The van der Waals surface area contributed by atoms with Crippen LogP contribution in [0.2, 0.25) is 0 Å². The summed E-state index contributed by atoms with van der Waals surface area (Å²) < 4.78 is 47.5. The van der Waals surface area contributed by atoms with Crippen LogP contribution in [-0.2, 0) is 10.3 Å². The van der Waals surface area contributed by atoms with Crippen molar-refractivity contribution in [2.24, 2.45) is 10.7 Å². The van der Waals surface area contributed by atoms with Gasteiger partial charge in [0, 0.05) is 12.6 Å². The molecule has 0 saturated heterocycles. The molecule has 1 aliphatic heterocycles. The van der Waals surface area contributed by atoms with Gasteiger partial charge in [0.1, 0.15) is 5.75 Å². The molecule has 0 spiro atoms. The molecule has 0 aromatic heterocycles. The normalized spacial score (nSPS) is 20.4. The highest BCUT2D eigenvalue weighted by Gasteiger charge is 2.59. The average Bonchev–Trinajstić information content (AvgIpc) is 2.64. The monoisotopic (exact) mass is 377 g/mol. The molecule has 1 amide bonds. The van der Waals surface area contributed by atoms with E-state index >= 15 is 0 Å². The highest BCUT2D eigenvalue weighted by molar-refractivity contribution is 5.99. The van der Waals surface area contributed by atoms with Crippen molar-refractivity contribution in [3.05, 3.63) is 54.1 Å². The van der Waals surface area contributed by atoms with Gasteiger partial charge >= 0.3 is 6.18 Å². The molecule has 0 fully saturated rings. The summed E-state index contributed by atoms with van der Waals surface area (Å²) in [6.45, 7) is 0. The number of halogens is 3. The van der Waals surface area contributed by atoms with Crippen LogP contribution >= 0.6 is 0 Å². The highest BCUT2D eigenvalue weighted by atomic mass is 19.4. The Bertz CT molecular complexity index is 911. The molecule has 1 heterocycles. The van der Waals surface area contributed by atoms with Gasteiger partial charge in [-0.2, -0.15) is 13.2 Å². The van der Waals surface area contributed by atoms with Crippen LogP contribution in [0.4, 0.5) is 13.2 Å². The maximum absolute atomic E-state index is 14.1. The number of nitrogens with two attached hydrogens (primary N) is 1. The smallest absolute Gasteiger partial charge is 0.418 e. The SMILES string of the molecule is COc1ccccc1-c1cccc(C2(C(F)(F)F)CC(=O)N(C)C(N)=N2)c1. The minimum atomic E-state index is -4.80. The fraction of sp³-hybridized carbons (Fsp3) is 0.263. The highest BCUT2D eigenvalue weighted by Crippen LogP contribution is 2.47. The average molecular weight is 377 g/mol. The molecule has 0 bridgehead atoms. The van der Waals surface area contributed by atoms with E-state index in [1.807, 2.05) is 0 Å². The molecule has 142 valence electrons. The number of rotatable bonds is 3. The van der Waals surface area contributed by atoms with E-state index in [9.17, 15) is 18.0 Å². The molecule has 1 atom stereocenters. The molecule has 0 radical (unpaired) electrons. The second kappa shape index (κ2) is 6.61. The number of hydrogen-bond donors (Lipinski definition) is 1. The Morgan fingerprint density at radius 2 is 1.89 bits per heavy atom. The van der Waals surface area contributed by atoms with Gasteiger partial charge in [0.2, 0.25) is 5.91 Å². The molecule has 2 N–H and O–H groups in total. The summed E-state index contributed by atoms with van der Waals surface area (Å²) in [5.41, 5.74) is 3.89. The predicted octanol–water partition coefficient (Wildman–Crippen LogP) is 3.30. The van der Waals surface area contributed by atoms with E-state index in [1.54, 1.807) is 30.3 Å². The van der Waals surface area contributed by atoms with Crippen LogP contribution < -0.4 is 10.5 Å². The molecule has 27 heavy (non-hydrogen) atoms. The number of para-hydroxylation sites is 1. The first-order valence-electron chi connectivity index (χ1n) is 8.12. The topological polar surface area (TPSA) is 67.9 Å². The molecule has 0 saturated carbocycles. The number of hydrogen-bond acceptors (Lipinski definition) is 4. The molecule has 5 nitrogen and oxygen atoms in total. The van der Waals surface area contributed by atoms with Crippen molar-refractivity contribution in [1.82, 2.24) is 4.90 Å². The van der Waals surface area contributed by atoms with E-state index in [0.29, 0.717) is 16.9 Å². The Kier molecular flexibility index (Phi) is 4.59. The van der Waals surface area contributed by atoms with Crippen molar-refractivity contribution >= 4 is 11.9 Å². The summed E-state index contributed by atoms with van der Waals surface area (Å²) in [7, 11) is 2.78. The van der Waals surface area contributed by atoms with Gasteiger partial charge in [0.15, 0.2) is 11.5 Å². The Balaban J connectivity index is 2.20. The molecule has 2 aromatic rings. The number of nitrogens with zero attached hydrogens (tertiary/aromatic N) is 2. The molecule has 8 heteroatoms. The van der Waals surface area contributed by atoms with Crippen molar-refractivity contribution in [2.75, 3.05) is 14.2 Å². The van der Waals surface area contributed by atoms with Crippen LogP contribution in [0.25, 0.3) is 11.1 Å². The van der Waals surface area contributed by atoms with E-state index in [-0.39, 0.29) is 5.56 Å². The summed E-state index contributed by atoms with van der Waals surface area (Å²) in [4.78, 5) is 16.8. The molecular weight excluding hydrogens is 359 g/mol. The third kappa shape index (κ3) is 3.11. The van der Waals surface area contributed by atoms with Crippen molar-refractivity contribution < 1.29 is 22.7 Å². The van der Waals surface area contributed by atoms with Gasteiger partial charge in [0.25, 0.3) is 0 Å². The van der Waals surface area contributed by atoms with Crippen molar-refractivity contribution in [2.45, 2.75) is 18.1 Å². The van der Waals surface area contributed by atoms with Crippen LogP contribution in [0.1, 0.15) is 12.0 Å². The Hall–Kier alpha value is -3.03. The number of amides is 1. The molecule has 2 aromatic carbocycles. The second-order valence-corrected chi connectivity index (χ2v) is 6.24. The van der Waals surface area contributed by atoms with Gasteiger partial charge in [-0.05, 0) is 23.3 Å². The standard InChI is InChI=1S/C19H18F3N3O2/c1-25-16(26)11-18(19(20,21)22,24-17(25)23)13-7-5-6-12(10-13)14-8-3-4-9-15(14)27-2/h3-10H,11H2,1-2H3,(H2,23,24). The first-order chi connectivity index (χ1) is 12.7. The Morgan fingerprint density at radius 1 is 1.19 bits per heavy atom. The first kappa shape index (κ1) is 18.8. The summed E-state index contributed by atoms with van der Waals surface area (Å²) >= 11 is 0. The number of alkyl halides is 3. The van der Waals surface area contributed by atoms with Crippen LogP contribution in [0.15, 0.2) is 53.5 Å². The third-order valence-electron chi connectivity index (χ3n) is 4.66. The maximum atomic E-state index is 14.1. The summed E-state index contributed by atoms with van der Waals surface area (Å²) in [5.74, 6) is -0.688. The lowest BCUT2D eigenvalue weighted by Gasteiger charge is -2.37. The molecule has 1 aliphatic rings. The number of guanidine groups is 1.